The lowest BCUT2D eigenvalue weighted by Crippen LogP contribution is -2.47. The fraction of sp³-hybridized carbons (Fsp3) is 0.724. The van der Waals surface area contributed by atoms with E-state index >= 15 is 0 Å². The molecule has 1 aromatic heterocycles. The number of amides is 1. The van der Waals surface area contributed by atoms with Gasteiger partial charge in [-0.05, 0) is 64.4 Å². The van der Waals surface area contributed by atoms with E-state index in [1.54, 1.807) is 0 Å². The molecule has 0 bridgehead atoms. The maximum absolute atomic E-state index is 14.0. The van der Waals surface area contributed by atoms with Gasteiger partial charge in [-0.25, -0.2) is 4.79 Å². The quantitative estimate of drug-likeness (QED) is 0.347. The van der Waals surface area contributed by atoms with Gasteiger partial charge in [0.2, 0.25) is 5.91 Å². The van der Waals surface area contributed by atoms with Crippen LogP contribution in [0.2, 0.25) is 0 Å². The Hall–Kier alpha value is -1.88. The van der Waals surface area contributed by atoms with Crippen molar-refractivity contribution in [2.75, 3.05) is 25.2 Å². The van der Waals surface area contributed by atoms with Crippen molar-refractivity contribution in [2.45, 2.75) is 97.3 Å². The van der Waals surface area contributed by atoms with Crippen LogP contribution in [0.3, 0.4) is 0 Å². The molecule has 1 saturated heterocycles. The summed E-state index contributed by atoms with van der Waals surface area (Å²) in [6, 6.07) is 1.91. The second kappa shape index (κ2) is 11.2. The van der Waals surface area contributed by atoms with Crippen molar-refractivity contribution in [3.63, 3.8) is 0 Å². The van der Waals surface area contributed by atoms with Gasteiger partial charge in [0.25, 0.3) is 0 Å². The van der Waals surface area contributed by atoms with Crippen LogP contribution in [-0.2, 0) is 19.0 Å². The van der Waals surface area contributed by atoms with Crippen LogP contribution in [0.25, 0.3) is 0 Å². The van der Waals surface area contributed by atoms with Crippen LogP contribution in [0.5, 0.6) is 0 Å². The van der Waals surface area contributed by atoms with Crippen LogP contribution in [0.4, 0.5) is 5.69 Å². The monoisotopic (exact) mass is 515 g/mol. The first-order valence-corrected chi connectivity index (χ1v) is 14.3. The minimum Gasteiger partial charge on any atom is -0.465 e. The third kappa shape index (κ3) is 6.51. The molecule has 2 saturated carbocycles. The summed E-state index contributed by atoms with van der Waals surface area (Å²) in [6.45, 7) is 9.72. The summed E-state index contributed by atoms with van der Waals surface area (Å²) in [7, 11) is 1.39. The number of ether oxygens (including phenoxy) is 3. The number of rotatable bonds is 5. The number of carbonyl (C=O) groups excluding carboxylic acids is 2. The second-order valence-corrected chi connectivity index (χ2v) is 12.8. The highest BCUT2D eigenvalue weighted by atomic mass is 32.1. The Labute approximate surface area is 220 Å². The number of methoxy groups -OCH3 is 1. The van der Waals surface area contributed by atoms with E-state index in [1.165, 1.54) is 31.3 Å². The molecule has 4 rings (SSSR count). The Morgan fingerprint density at radius 3 is 2.33 bits per heavy atom. The molecule has 1 aromatic rings. The zero-order valence-corrected chi connectivity index (χ0v) is 23.3. The van der Waals surface area contributed by atoms with Gasteiger partial charge in [-0.1, -0.05) is 31.6 Å². The molecule has 0 atom stereocenters. The van der Waals surface area contributed by atoms with Gasteiger partial charge in [0, 0.05) is 30.7 Å². The van der Waals surface area contributed by atoms with Crippen LogP contribution in [0.1, 0.15) is 100 Å². The van der Waals surface area contributed by atoms with E-state index in [0.29, 0.717) is 36.1 Å². The lowest BCUT2D eigenvalue weighted by atomic mass is 9.81. The van der Waals surface area contributed by atoms with Crippen molar-refractivity contribution in [3.8, 4) is 11.8 Å². The summed E-state index contributed by atoms with van der Waals surface area (Å²) < 4.78 is 17.0. The third-order valence-corrected chi connectivity index (χ3v) is 8.69. The smallest absolute Gasteiger partial charge is 0.350 e. The van der Waals surface area contributed by atoms with Crippen LogP contribution < -0.4 is 4.90 Å². The summed E-state index contributed by atoms with van der Waals surface area (Å²) in [5.41, 5.74) is 0.482. The number of nitrogens with zero attached hydrogens (tertiary/aromatic N) is 1. The van der Waals surface area contributed by atoms with Gasteiger partial charge in [-0.2, -0.15) is 0 Å². The molecule has 3 aliphatic rings. The first-order chi connectivity index (χ1) is 17.1. The third-order valence-electron chi connectivity index (χ3n) is 7.67. The van der Waals surface area contributed by atoms with E-state index in [2.05, 4.69) is 39.5 Å². The predicted octanol–water partition coefficient (Wildman–Crippen LogP) is 6.17. The van der Waals surface area contributed by atoms with E-state index in [-0.39, 0.29) is 17.4 Å². The highest BCUT2D eigenvalue weighted by Gasteiger charge is 2.43. The molecule has 198 valence electrons. The highest BCUT2D eigenvalue weighted by molar-refractivity contribution is 7.15. The summed E-state index contributed by atoms with van der Waals surface area (Å²) in [5, 5.41) is 0. The first kappa shape index (κ1) is 27.2. The Morgan fingerprint density at radius 1 is 1.11 bits per heavy atom. The molecule has 7 heteroatoms. The molecule has 1 amide bonds. The maximum atomic E-state index is 14.0. The molecule has 0 unspecified atom stereocenters. The fourth-order valence-corrected chi connectivity index (χ4v) is 6.53. The molecule has 1 aliphatic heterocycles. The molecule has 36 heavy (non-hydrogen) atoms. The Kier molecular flexibility index (Phi) is 8.49. The average molecular weight is 516 g/mol. The predicted molar refractivity (Wildman–Crippen MR) is 142 cm³/mol. The maximum Gasteiger partial charge on any atom is 0.350 e. The SMILES string of the molecule is COC(=O)c1sc(C#CC(C)(C)C)cc1N(C(=O)CC1CCC(C)CC1)C1CCC2(CC1)OCCO2. The number of anilines is 1. The molecule has 6 nitrogen and oxygen atoms in total. The molecule has 0 aromatic carbocycles. The fourth-order valence-electron chi connectivity index (χ4n) is 5.61. The molecule has 0 N–H and O–H groups in total. The number of carbonyl (C=O) groups is 2. The van der Waals surface area contributed by atoms with Gasteiger partial charge >= 0.3 is 5.97 Å². The molecular weight excluding hydrogens is 474 g/mol. The van der Waals surface area contributed by atoms with Gasteiger partial charge in [-0.3, -0.25) is 4.79 Å². The first-order valence-electron chi connectivity index (χ1n) is 13.4. The van der Waals surface area contributed by atoms with Crippen LogP contribution >= 0.6 is 11.3 Å². The largest absolute Gasteiger partial charge is 0.465 e. The van der Waals surface area contributed by atoms with Crippen LogP contribution in [0.15, 0.2) is 6.07 Å². The number of hydrogen-bond donors (Lipinski definition) is 0. The molecule has 3 fully saturated rings. The van der Waals surface area contributed by atoms with Crippen molar-refractivity contribution in [1.29, 1.82) is 0 Å². The Morgan fingerprint density at radius 2 is 1.75 bits per heavy atom. The van der Waals surface area contributed by atoms with Crippen LogP contribution in [-0.4, -0.2) is 44.0 Å². The average Bonchev–Trinajstić information content (AvgIpc) is 3.47. The number of thiophene rings is 1. The van der Waals surface area contributed by atoms with Crippen molar-refractivity contribution in [2.24, 2.45) is 17.3 Å². The molecule has 1 spiro atoms. The molecule has 2 aliphatic carbocycles. The lowest BCUT2D eigenvalue weighted by molar-refractivity contribution is -0.178. The van der Waals surface area contributed by atoms with Gasteiger partial charge in [0.15, 0.2) is 5.79 Å². The van der Waals surface area contributed by atoms with Crippen molar-refractivity contribution >= 4 is 28.9 Å². The topological polar surface area (TPSA) is 65.1 Å². The highest BCUT2D eigenvalue weighted by Crippen LogP contribution is 2.42. The van der Waals surface area contributed by atoms with Gasteiger partial charge in [0.1, 0.15) is 4.88 Å². The summed E-state index contributed by atoms with van der Waals surface area (Å²) in [5.74, 6) is 6.79. The van der Waals surface area contributed by atoms with E-state index < -0.39 is 11.8 Å². The molecular formula is C29H41NO5S. The van der Waals surface area contributed by atoms with Crippen LogP contribution in [0, 0.1) is 29.1 Å². The Bertz CT molecular complexity index is 989. The summed E-state index contributed by atoms with van der Waals surface area (Å²) in [6.07, 6.45) is 8.08. The van der Waals surface area contributed by atoms with E-state index in [4.69, 9.17) is 14.2 Å². The number of esters is 1. The normalized spacial score (nSPS) is 24.2. The standard InChI is InChI=1S/C29H41NO5S/c1-20-6-8-21(9-7-20)18-25(31)30(22-10-14-29(15-11-22)34-16-17-35-29)24-19-23(12-13-28(2,3)4)36-26(24)27(32)33-5/h19-22H,6-11,14-18H2,1-5H3. The van der Waals surface area contributed by atoms with Gasteiger partial charge in [0.05, 0.1) is 30.9 Å². The van der Waals surface area contributed by atoms with E-state index in [9.17, 15) is 9.59 Å². The summed E-state index contributed by atoms with van der Waals surface area (Å²) in [4.78, 5) is 30.0. The van der Waals surface area contributed by atoms with Crippen molar-refractivity contribution in [1.82, 2.24) is 0 Å². The Balaban J connectivity index is 1.65. The molecule has 0 radical (unpaired) electrons. The minimum absolute atomic E-state index is 0.0140. The van der Waals surface area contributed by atoms with Gasteiger partial charge < -0.3 is 19.1 Å². The van der Waals surface area contributed by atoms with Crippen molar-refractivity contribution < 1.29 is 23.8 Å². The molecule has 2 heterocycles. The zero-order chi connectivity index (χ0) is 25.9. The minimum atomic E-state index is -0.506. The summed E-state index contributed by atoms with van der Waals surface area (Å²) >= 11 is 1.32. The van der Waals surface area contributed by atoms with Gasteiger partial charge in [-0.15, -0.1) is 11.3 Å². The second-order valence-electron chi connectivity index (χ2n) is 11.7. The van der Waals surface area contributed by atoms with Crippen molar-refractivity contribution in [3.05, 3.63) is 15.8 Å². The van der Waals surface area contributed by atoms with E-state index in [0.717, 1.165) is 49.3 Å². The number of hydrogen-bond acceptors (Lipinski definition) is 6. The lowest BCUT2D eigenvalue weighted by Gasteiger charge is -2.41. The zero-order valence-electron chi connectivity index (χ0n) is 22.5. The van der Waals surface area contributed by atoms with E-state index in [1.807, 2.05) is 11.0 Å².